The van der Waals surface area contributed by atoms with Gasteiger partial charge in [-0.05, 0) is 43.8 Å². The number of amidine groups is 1. The molecule has 0 spiro atoms. The van der Waals surface area contributed by atoms with Gasteiger partial charge in [0.2, 0.25) is 0 Å². The fraction of sp³-hybridized carbons (Fsp3) is 0.591. The fourth-order valence-corrected chi connectivity index (χ4v) is 3.93. The van der Waals surface area contributed by atoms with Crippen molar-refractivity contribution in [2.24, 2.45) is 11.1 Å². The third-order valence-corrected chi connectivity index (χ3v) is 5.70. The number of carboxylic acid groups (broad SMARTS) is 1. The Labute approximate surface area is 172 Å². The molecule has 0 aromatic heterocycles. The molecule has 0 aliphatic carbocycles. The number of benzene rings is 1. The molecule has 0 amide bonds. The van der Waals surface area contributed by atoms with Crippen LogP contribution in [0.2, 0.25) is 0 Å². The average Bonchev–Trinajstić information content (AvgIpc) is 3.18. The second-order valence-electron chi connectivity index (χ2n) is 8.04. The summed E-state index contributed by atoms with van der Waals surface area (Å²) >= 11 is 0. The van der Waals surface area contributed by atoms with Gasteiger partial charge in [-0.3, -0.25) is 15.1 Å². The molecule has 1 unspecified atom stereocenters. The third-order valence-electron chi connectivity index (χ3n) is 5.70. The van der Waals surface area contributed by atoms with Crippen LogP contribution in [0, 0.1) is 11.3 Å². The summed E-state index contributed by atoms with van der Waals surface area (Å²) in [7, 11) is 0. The largest absolute Gasteiger partial charge is 0.481 e. The molecule has 1 aromatic rings. The van der Waals surface area contributed by atoms with Gasteiger partial charge in [0.1, 0.15) is 11.9 Å². The van der Waals surface area contributed by atoms with Crippen LogP contribution < -0.4 is 5.32 Å². The topological polar surface area (TPSA) is 98.0 Å². The summed E-state index contributed by atoms with van der Waals surface area (Å²) in [5.41, 5.74) is 2.87. The Hall–Kier alpha value is -2.41. The maximum atomic E-state index is 10.9. The Morgan fingerprint density at radius 3 is 2.69 bits per heavy atom. The maximum Gasteiger partial charge on any atom is 0.303 e. The number of unbranched alkanes of at least 4 members (excludes halogenated alkanes) is 1. The Balaban J connectivity index is 1.43. The first-order valence-corrected chi connectivity index (χ1v) is 10.6. The highest BCUT2D eigenvalue weighted by Gasteiger charge is 2.27. The van der Waals surface area contributed by atoms with Crippen LogP contribution in [-0.4, -0.2) is 59.8 Å². The number of oxime groups is 1. The number of nitrogens with one attached hydrogen (secondary N) is 2. The first-order chi connectivity index (χ1) is 14.0. The van der Waals surface area contributed by atoms with Gasteiger partial charge in [0.15, 0.2) is 0 Å². The van der Waals surface area contributed by atoms with Gasteiger partial charge in [0.25, 0.3) is 0 Å². The second-order valence-corrected chi connectivity index (χ2v) is 8.04. The van der Waals surface area contributed by atoms with Crippen LogP contribution in [-0.2, 0) is 9.63 Å². The molecule has 3 rings (SSSR count). The predicted octanol–water partition coefficient (Wildman–Crippen LogP) is 3.08. The van der Waals surface area contributed by atoms with Crippen LogP contribution in [0.5, 0.6) is 0 Å². The molecule has 2 aliphatic heterocycles. The number of rotatable bonds is 9. The number of hydrogen-bond acceptors (Lipinski definition) is 5. The lowest BCUT2D eigenvalue weighted by Gasteiger charge is -2.32. The third kappa shape index (κ3) is 6.29. The van der Waals surface area contributed by atoms with Gasteiger partial charge >= 0.3 is 5.97 Å². The minimum Gasteiger partial charge on any atom is -0.481 e. The molecule has 7 nitrogen and oxygen atoms in total. The second kappa shape index (κ2) is 10.4. The maximum absolute atomic E-state index is 10.9. The van der Waals surface area contributed by atoms with Crippen molar-refractivity contribution < 1.29 is 14.7 Å². The van der Waals surface area contributed by atoms with Gasteiger partial charge in [-0.2, -0.15) is 0 Å². The van der Waals surface area contributed by atoms with E-state index in [0.717, 1.165) is 75.1 Å². The summed E-state index contributed by atoms with van der Waals surface area (Å²) in [6, 6.07) is 7.93. The summed E-state index contributed by atoms with van der Waals surface area (Å²) in [5.74, 6) is 0.0612. The lowest BCUT2D eigenvalue weighted by Crippen LogP contribution is -2.39. The van der Waals surface area contributed by atoms with E-state index in [4.69, 9.17) is 15.4 Å². The quantitative estimate of drug-likeness (QED) is 0.336. The van der Waals surface area contributed by atoms with Gasteiger partial charge in [-0.15, -0.1) is 0 Å². The molecule has 29 heavy (non-hydrogen) atoms. The molecule has 0 radical (unpaired) electrons. The van der Waals surface area contributed by atoms with Crippen molar-refractivity contribution in [3.63, 3.8) is 0 Å². The van der Waals surface area contributed by atoms with Crippen molar-refractivity contribution in [3.8, 4) is 0 Å². The number of piperidine rings is 1. The standard InChI is InChI=1S/C22H32N4O3/c1-2-3-10-24-22(23)18-6-4-17(5-7-18)20-14-19(29-25-20)15-26-11-8-16(9-12-26)13-21(27)28/h4-7,16,19H,2-3,8-15H2,1H3,(H2,23,24)(H,27,28). The van der Waals surface area contributed by atoms with Gasteiger partial charge < -0.3 is 15.3 Å². The Morgan fingerprint density at radius 2 is 2.03 bits per heavy atom. The van der Waals surface area contributed by atoms with E-state index in [1.54, 1.807) is 0 Å². The molecule has 0 saturated carbocycles. The highest BCUT2D eigenvalue weighted by atomic mass is 16.6. The number of aliphatic carboxylic acids is 1. The van der Waals surface area contributed by atoms with Gasteiger partial charge in [0, 0.05) is 31.5 Å². The van der Waals surface area contributed by atoms with Crippen molar-refractivity contribution in [2.75, 3.05) is 26.2 Å². The number of nitrogens with zero attached hydrogens (tertiary/aromatic N) is 2. The van der Waals surface area contributed by atoms with Crippen LogP contribution in [0.15, 0.2) is 29.4 Å². The normalized spacial score (nSPS) is 20.2. The highest BCUT2D eigenvalue weighted by Crippen LogP contribution is 2.23. The lowest BCUT2D eigenvalue weighted by molar-refractivity contribution is -0.138. The zero-order valence-electron chi connectivity index (χ0n) is 17.2. The molecule has 1 aromatic carbocycles. The van der Waals surface area contributed by atoms with Gasteiger partial charge in [0.05, 0.1) is 5.71 Å². The van der Waals surface area contributed by atoms with Crippen molar-refractivity contribution in [2.45, 2.75) is 51.6 Å². The first-order valence-electron chi connectivity index (χ1n) is 10.6. The summed E-state index contributed by atoms with van der Waals surface area (Å²) < 4.78 is 0. The summed E-state index contributed by atoms with van der Waals surface area (Å²) in [6.07, 6.45) is 5.16. The molecule has 1 fully saturated rings. The minimum atomic E-state index is -0.696. The molecule has 7 heteroatoms. The number of carbonyl (C=O) groups is 1. The molecule has 2 aliphatic rings. The van der Waals surface area contributed by atoms with Gasteiger partial charge in [-0.1, -0.05) is 42.8 Å². The smallest absolute Gasteiger partial charge is 0.303 e. The number of hydrogen-bond donors (Lipinski definition) is 3. The Kier molecular flexibility index (Phi) is 7.63. The Bertz CT molecular complexity index is 724. The van der Waals surface area contributed by atoms with E-state index < -0.39 is 5.97 Å². The highest BCUT2D eigenvalue weighted by molar-refractivity contribution is 6.02. The lowest BCUT2D eigenvalue weighted by atomic mass is 9.93. The van der Waals surface area contributed by atoms with Crippen LogP contribution in [0.25, 0.3) is 0 Å². The molecule has 2 heterocycles. The predicted molar refractivity (Wildman–Crippen MR) is 114 cm³/mol. The SMILES string of the molecule is CCCCNC(=N)c1ccc(C2=NOC(CN3CCC(CC(=O)O)CC3)C2)cc1. The zero-order chi connectivity index (χ0) is 20.6. The van der Waals surface area contributed by atoms with E-state index in [9.17, 15) is 4.79 Å². The van der Waals surface area contributed by atoms with Crippen LogP contribution in [0.3, 0.4) is 0 Å². The van der Waals surface area contributed by atoms with E-state index in [0.29, 0.717) is 11.8 Å². The Morgan fingerprint density at radius 1 is 1.31 bits per heavy atom. The van der Waals surface area contributed by atoms with Crippen LogP contribution >= 0.6 is 0 Å². The van der Waals surface area contributed by atoms with E-state index in [-0.39, 0.29) is 12.5 Å². The van der Waals surface area contributed by atoms with Crippen molar-refractivity contribution in [3.05, 3.63) is 35.4 Å². The monoisotopic (exact) mass is 400 g/mol. The number of likely N-dealkylation sites (tertiary alicyclic amines) is 1. The molecule has 1 atom stereocenters. The molecule has 158 valence electrons. The molecule has 1 saturated heterocycles. The molecular formula is C22H32N4O3. The minimum absolute atomic E-state index is 0.0507. The first kappa shape index (κ1) is 21.3. The van der Waals surface area contributed by atoms with Crippen molar-refractivity contribution in [1.82, 2.24) is 10.2 Å². The van der Waals surface area contributed by atoms with E-state index in [2.05, 4.69) is 22.3 Å². The van der Waals surface area contributed by atoms with Crippen LogP contribution in [0.1, 0.15) is 56.6 Å². The molecular weight excluding hydrogens is 368 g/mol. The summed E-state index contributed by atoms with van der Waals surface area (Å²) in [5, 5.41) is 24.5. The average molecular weight is 401 g/mol. The fourth-order valence-electron chi connectivity index (χ4n) is 3.93. The van der Waals surface area contributed by atoms with Gasteiger partial charge in [-0.25, -0.2) is 0 Å². The van der Waals surface area contributed by atoms with E-state index in [1.807, 2.05) is 24.3 Å². The molecule has 0 bridgehead atoms. The molecule has 3 N–H and O–H groups in total. The van der Waals surface area contributed by atoms with Crippen molar-refractivity contribution in [1.29, 1.82) is 5.41 Å². The summed E-state index contributed by atoms with van der Waals surface area (Å²) in [4.78, 5) is 18.9. The summed E-state index contributed by atoms with van der Waals surface area (Å²) in [6.45, 7) is 5.65. The van der Waals surface area contributed by atoms with E-state index in [1.165, 1.54) is 0 Å². The number of carboxylic acids is 1. The van der Waals surface area contributed by atoms with E-state index >= 15 is 0 Å². The van der Waals surface area contributed by atoms with Crippen LogP contribution in [0.4, 0.5) is 0 Å². The van der Waals surface area contributed by atoms with Crippen molar-refractivity contribution >= 4 is 17.5 Å². The zero-order valence-corrected chi connectivity index (χ0v) is 17.2.